The predicted octanol–water partition coefficient (Wildman–Crippen LogP) is 8.93. The van der Waals surface area contributed by atoms with Crippen molar-refractivity contribution in [1.29, 1.82) is 0 Å². The molecule has 0 rings (SSSR count). The maximum atomic E-state index is 2.27. The van der Waals surface area contributed by atoms with Gasteiger partial charge in [0.1, 0.15) is 0 Å². The summed E-state index contributed by atoms with van der Waals surface area (Å²) in [5, 5.41) is 0. The van der Waals surface area contributed by atoms with E-state index in [0.29, 0.717) is 0 Å². The van der Waals surface area contributed by atoms with Crippen LogP contribution in [0.5, 0.6) is 0 Å². The van der Waals surface area contributed by atoms with Crippen molar-refractivity contribution < 1.29 is 0 Å². The molecule has 132 valence electrons. The molecule has 0 amide bonds. The van der Waals surface area contributed by atoms with Crippen LogP contribution < -0.4 is 0 Å². The van der Waals surface area contributed by atoms with Gasteiger partial charge in [-0.3, -0.25) is 0 Å². The summed E-state index contributed by atoms with van der Waals surface area (Å²) in [5.41, 5.74) is 0. The van der Waals surface area contributed by atoms with E-state index >= 15 is 0 Å². The van der Waals surface area contributed by atoms with Crippen molar-refractivity contribution in [2.45, 2.75) is 138 Å². The SMILES string of the molecule is CCCCC.CCCCC.CCCCCCCCCCC. The molecule has 0 atom stereocenters. The summed E-state index contributed by atoms with van der Waals surface area (Å²) in [6, 6.07) is 0. The lowest BCUT2D eigenvalue weighted by atomic mass is 10.1. The third kappa shape index (κ3) is 45.0. The zero-order valence-corrected chi connectivity index (χ0v) is 16.6. The molecule has 0 N–H and O–H groups in total. The topological polar surface area (TPSA) is 0 Å². The number of unbranched alkanes of at least 4 members (excludes halogenated alkanes) is 12. The highest BCUT2D eigenvalue weighted by Crippen LogP contribution is 2.08. The van der Waals surface area contributed by atoms with E-state index in [1.165, 1.54) is 96.3 Å². The largest absolute Gasteiger partial charge is 0.0654 e. The second-order valence-corrected chi connectivity index (χ2v) is 6.18. The normalized spacial score (nSPS) is 9.43. The molecule has 0 heteroatoms. The van der Waals surface area contributed by atoms with Gasteiger partial charge in [-0.25, -0.2) is 0 Å². The minimum atomic E-state index is 1.34. The molecular weight excluding hydrogens is 252 g/mol. The highest BCUT2D eigenvalue weighted by atomic mass is 14.0. The van der Waals surface area contributed by atoms with Crippen LogP contribution in [0.1, 0.15) is 138 Å². The van der Waals surface area contributed by atoms with Crippen LogP contribution in [0.15, 0.2) is 0 Å². The Morgan fingerprint density at radius 3 is 0.571 bits per heavy atom. The molecule has 0 saturated heterocycles. The molecule has 0 spiro atoms. The van der Waals surface area contributed by atoms with E-state index < -0.39 is 0 Å². The van der Waals surface area contributed by atoms with Gasteiger partial charge in [0.05, 0.1) is 0 Å². The highest BCUT2D eigenvalue weighted by Gasteiger charge is 1.89. The second kappa shape index (κ2) is 32.1. The Labute approximate surface area is 138 Å². The van der Waals surface area contributed by atoms with Gasteiger partial charge in [-0.15, -0.1) is 0 Å². The smallest absolute Gasteiger partial charge is 0.0533 e. The Kier molecular flexibility index (Phi) is 39.6. The lowest BCUT2D eigenvalue weighted by Crippen LogP contribution is -1.79. The van der Waals surface area contributed by atoms with Crippen molar-refractivity contribution in [3.63, 3.8) is 0 Å². The van der Waals surface area contributed by atoms with Crippen LogP contribution in [0.2, 0.25) is 0 Å². The zero-order valence-electron chi connectivity index (χ0n) is 16.6. The number of hydrogen-bond donors (Lipinski definition) is 0. The van der Waals surface area contributed by atoms with Crippen molar-refractivity contribution in [2.75, 3.05) is 0 Å². The molecule has 0 nitrogen and oxygen atoms in total. The average Bonchev–Trinajstić information content (AvgIpc) is 2.49. The van der Waals surface area contributed by atoms with Crippen LogP contribution in [0.3, 0.4) is 0 Å². The van der Waals surface area contributed by atoms with Gasteiger partial charge in [-0.2, -0.15) is 0 Å². The van der Waals surface area contributed by atoms with Gasteiger partial charge >= 0.3 is 0 Å². The summed E-state index contributed by atoms with van der Waals surface area (Å²) in [7, 11) is 0. The summed E-state index contributed by atoms with van der Waals surface area (Å²) in [6.45, 7) is 13.4. The summed E-state index contributed by atoms with van der Waals surface area (Å²) >= 11 is 0. The Bertz CT molecular complexity index is 99.2. The van der Waals surface area contributed by atoms with Crippen LogP contribution in [0, 0.1) is 0 Å². The van der Waals surface area contributed by atoms with E-state index in [2.05, 4.69) is 41.5 Å². The third-order valence-corrected chi connectivity index (χ3v) is 3.62. The first-order valence-electron chi connectivity index (χ1n) is 10.2. The summed E-state index contributed by atoms with van der Waals surface area (Å²) in [5.74, 6) is 0. The molecule has 0 aromatic carbocycles. The summed E-state index contributed by atoms with van der Waals surface area (Å²) in [4.78, 5) is 0. The van der Waals surface area contributed by atoms with Gasteiger partial charge in [-0.05, 0) is 0 Å². The van der Waals surface area contributed by atoms with Crippen molar-refractivity contribution in [1.82, 2.24) is 0 Å². The fraction of sp³-hybridized carbons (Fsp3) is 1.00. The van der Waals surface area contributed by atoms with Crippen LogP contribution in [0.4, 0.5) is 0 Å². The lowest BCUT2D eigenvalue weighted by Gasteiger charge is -1.98. The first kappa shape index (κ1) is 25.9. The van der Waals surface area contributed by atoms with Crippen LogP contribution in [0.25, 0.3) is 0 Å². The van der Waals surface area contributed by atoms with Crippen LogP contribution in [-0.2, 0) is 0 Å². The molecule has 0 aromatic heterocycles. The predicted molar refractivity (Wildman–Crippen MR) is 103 cm³/mol. The first-order valence-corrected chi connectivity index (χ1v) is 10.2. The zero-order chi connectivity index (χ0) is 16.6. The van der Waals surface area contributed by atoms with E-state index in [1.54, 1.807) is 0 Å². The van der Waals surface area contributed by atoms with Gasteiger partial charge in [-0.1, -0.05) is 138 Å². The molecule has 0 aliphatic rings. The number of hydrogen-bond acceptors (Lipinski definition) is 0. The first-order chi connectivity index (χ1) is 10.2. The van der Waals surface area contributed by atoms with E-state index in [-0.39, 0.29) is 0 Å². The molecule has 0 bridgehead atoms. The quantitative estimate of drug-likeness (QED) is 0.315. The molecule has 0 aromatic rings. The van der Waals surface area contributed by atoms with Crippen molar-refractivity contribution >= 4 is 0 Å². The fourth-order valence-electron chi connectivity index (χ4n) is 2.09. The van der Waals surface area contributed by atoms with E-state index in [1.807, 2.05) is 0 Å². The number of rotatable bonds is 12. The van der Waals surface area contributed by atoms with Gasteiger partial charge < -0.3 is 0 Å². The van der Waals surface area contributed by atoms with Gasteiger partial charge in [0.25, 0.3) is 0 Å². The molecule has 0 radical (unpaired) electrons. The van der Waals surface area contributed by atoms with Gasteiger partial charge in [0.2, 0.25) is 0 Å². The molecule has 0 saturated carbocycles. The maximum absolute atomic E-state index is 2.27. The van der Waals surface area contributed by atoms with Crippen molar-refractivity contribution in [3.05, 3.63) is 0 Å². The molecule has 21 heavy (non-hydrogen) atoms. The highest BCUT2D eigenvalue weighted by molar-refractivity contribution is 4.44. The van der Waals surface area contributed by atoms with E-state index in [0.717, 1.165) is 0 Å². The molecule has 0 fully saturated rings. The van der Waals surface area contributed by atoms with Crippen LogP contribution >= 0.6 is 0 Å². The third-order valence-electron chi connectivity index (χ3n) is 3.62. The Morgan fingerprint density at radius 1 is 0.238 bits per heavy atom. The Morgan fingerprint density at radius 2 is 0.429 bits per heavy atom. The summed E-state index contributed by atoms with van der Waals surface area (Å²) < 4.78 is 0. The minimum absolute atomic E-state index is 1.34. The van der Waals surface area contributed by atoms with Crippen LogP contribution in [-0.4, -0.2) is 0 Å². The second-order valence-electron chi connectivity index (χ2n) is 6.18. The van der Waals surface area contributed by atoms with Crippen molar-refractivity contribution in [2.24, 2.45) is 0 Å². The maximum Gasteiger partial charge on any atom is -0.0533 e. The molecular formula is C21H48. The fourth-order valence-corrected chi connectivity index (χ4v) is 2.09. The van der Waals surface area contributed by atoms with E-state index in [9.17, 15) is 0 Å². The molecule has 0 aliphatic heterocycles. The standard InChI is InChI=1S/C11H24.2C5H12/c1-3-5-7-9-11-10-8-6-4-2;2*1-3-5-4-2/h3-11H2,1-2H3;2*3-5H2,1-2H3. The Balaban J connectivity index is -0.000000270. The van der Waals surface area contributed by atoms with E-state index in [4.69, 9.17) is 0 Å². The Hall–Kier alpha value is 0. The monoisotopic (exact) mass is 300 g/mol. The minimum Gasteiger partial charge on any atom is -0.0654 e. The van der Waals surface area contributed by atoms with Gasteiger partial charge in [0, 0.05) is 0 Å². The van der Waals surface area contributed by atoms with Crippen molar-refractivity contribution in [3.8, 4) is 0 Å². The lowest BCUT2D eigenvalue weighted by molar-refractivity contribution is 0.572. The average molecular weight is 301 g/mol. The van der Waals surface area contributed by atoms with Gasteiger partial charge in [0.15, 0.2) is 0 Å². The molecule has 0 heterocycles. The molecule has 0 aliphatic carbocycles. The molecule has 0 unspecified atom stereocenters. The summed E-state index contributed by atoms with van der Waals surface area (Å²) in [6.07, 6.45) is 21.1.